The summed E-state index contributed by atoms with van der Waals surface area (Å²) in [5.41, 5.74) is 0.347. The van der Waals surface area contributed by atoms with E-state index in [0.717, 1.165) is 31.6 Å². The Labute approximate surface area is 186 Å². The molecule has 1 aliphatic heterocycles. The molecule has 0 radical (unpaired) electrons. The van der Waals surface area contributed by atoms with Gasteiger partial charge in [0.1, 0.15) is 11.4 Å². The van der Waals surface area contributed by atoms with Crippen LogP contribution in [-0.2, 0) is 14.3 Å². The summed E-state index contributed by atoms with van der Waals surface area (Å²) in [6.07, 6.45) is 5.13. The summed E-state index contributed by atoms with van der Waals surface area (Å²) >= 11 is 0. The van der Waals surface area contributed by atoms with Crippen molar-refractivity contribution in [1.29, 1.82) is 0 Å². The molecule has 0 bridgehead atoms. The Kier molecular flexibility index (Phi) is 8.23. The Morgan fingerprint density at radius 2 is 1.94 bits per heavy atom. The molecule has 2 rings (SSSR count). The highest BCUT2D eigenvalue weighted by Gasteiger charge is 2.36. The number of carbonyl (C=O) groups is 2. The second kappa shape index (κ2) is 10.3. The highest BCUT2D eigenvalue weighted by molar-refractivity contribution is 5.88. The van der Waals surface area contributed by atoms with Gasteiger partial charge in [0.2, 0.25) is 0 Å². The van der Waals surface area contributed by atoms with Gasteiger partial charge in [0.25, 0.3) is 0 Å². The van der Waals surface area contributed by atoms with Crippen LogP contribution in [0.2, 0.25) is 0 Å². The molecule has 1 atom stereocenters. The summed E-state index contributed by atoms with van der Waals surface area (Å²) in [5, 5.41) is 0. The third-order valence-electron chi connectivity index (χ3n) is 4.62. The summed E-state index contributed by atoms with van der Waals surface area (Å²) in [6.45, 7) is 17.0. The highest BCUT2D eigenvalue weighted by Crippen LogP contribution is 2.27. The van der Waals surface area contributed by atoms with Crippen LogP contribution in [0.1, 0.15) is 60.5 Å². The lowest BCUT2D eigenvalue weighted by molar-refractivity contribution is -0.137. The maximum atomic E-state index is 13.1. The van der Waals surface area contributed by atoms with Crippen molar-refractivity contribution < 1.29 is 19.1 Å². The number of esters is 1. The fourth-order valence-corrected chi connectivity index (χ4v) is 3.57. The number of rotatable bonds is 6. The first-order valence-corrected chi connectivity index (χ1v) is 10.9. The number of ether oxygens (including phenoxy) is 2. The lowest BCUT2D eigenvalue weighted by Gasteiger charge is -2.31. The number of anilines is 1. The van der Waals surface area contributed by atoms with E-state index in [0.29, 0.717) is 12.4 Å². The maximum Gasteiger partial charge on any atom is 0.416 e. The fraction of sp³-hybridized carbons (Fsp3) is 0.625. The summed E-state index contributed by atoms with van der Waals surface area (Å²) < 4.78 is 10.6. The molecule has 7 heteroatoms. The Balaban J connectivity index is 2.21. The van der Waals surface area contributed by atoms with Gasteiger partial charge in [0.15, 0.2) is 0 Å². The van der Waals surface area contributed by atoms with Crippen molar-refractivity contribution >= 4 is 24.0 Å². The van der Waals surface area contributed by atoms with Gasteiger partial charge in [-0.05, 0) is 63.3 Å². The lowest BCUT2D eigenvalue weighted by Crippen LogP contribution is -2.45. The van der Waals surface area contributed by atoms with Crippen molar-refractivity contribution in [3.8, 4) is 0 Å². The van der Waals surface area contributed by atoms with Gasteiger partial charge in [0, 0.05) is 31.9 Å². The van der Waals surface area contributed by atoms with E-state index in [1.807, 2.05) is 26.8 Å². The van der Waals surface area contributed by atoms with E-state index in [-0.39, 0.29) is 11.5 Å². The van der Waals surface area contributed by atoms with E-state index in [1.54, 1.807) is 30.2 Å². The van der Waals surface area contributed by atoms with Crippen LogP contribution in [-0.4, -0.2) is 59.8 Å². The first kappa shape index (κ1) is 24.9. The molecule has 0 N–H and O–H groups in total. The third-order valence-corrected chi connectivity index (χ3v) is 4.62. The molecule has 1 saturated heterocycles. The molecule has 1 aromatic heterocycles. The van der Waals surface area contributed by atoms with Crippen molar-refractivity contribution in [2.24, 2.45) is 5.41 Å². The summed E-state index contributed by atoms with van der Waals surface area (Å²) in [6, 6.07) is 3.61. The first-order chi connectivity index (χ1) is 14.4. The minimum atomic E-state index is -0.596. The smallest absolute Gasteiger partial charge is 0.416 e. The van der Waals surface area contributed by atoms with Crippen LogP contribution >= 0.6 is 0 Å². The molecule has 1 fully saturated rings. The number of pyridine rings is 1. The van der Waals surface area contributed by atoms with Crippen LogP contribution < -0.4 is 4.90 Å². The minimum Gasteiger partial charge on any atom is -0.463 e. The molecule has 0 spiro atoms. The van der Waals surface area contributed by atoms with Crippen LogP contribution in [0.4, 0.5) is 10.6 Å². The highest BCUT2D eigenvalue weighted by atomic mass is 16.6. The fourth-order valence-electron chi connectivity index (χ4n) is 3.57. The van der Waals surface area contributed by atoms with Crippen LogP contribution in [0.5, 0.6) is 0 Å². The molecular weight excluding hydrogens is 394 g/mol. The largest absolute Gasteiger partial charge is 0.463 e. The number of carbonyl (C=O) groups excluding carboxylic acids is 2. The van der Waals surface area contributed by atoms with E-state index < -0.39 is 17.7 Å². The number of hydrogen-bond acceptors (Lipinski definition) is 6. The predicted molar refractivity (Wildman–Crippen MR) is 123 cm³/mol. The molecule has 1 aromatic rings. The standard InChI is InChI=1S/C24H37N3O4/c1-8-30-21(28)12-10-18-9-11-20(25-15-18)27(22(29)31-24(5,6)7)19-13-14-26(16-19)17-23(2,3)4/h9-12,15,19H,8,13-14,16-17H2,1-7H3/t19-/m1/s1. The third kappa shape index (κ3) is 8.32. The average molecular weight is 432 g/mol. The van der Waals surface area contributed by atoms with Crippen LogP contribution in [0.25, 0.3) is 6.08 Å². The van der Waals surface area contributed by atoms with Crippen LogP contribution in [0.3, 0.4) is 0 Å². The summed E-state index contributed by atoms with van der Waals surface area (Å²) in [7, 11) is 0. The van der Waals surface area contributed by atoms with E-state index in [9.17, 15) is 9.59 Å². The molecule has 31 heavy (non-hydrogen) atoms. The molecule has 0 aromatic carbocycles. The van der Waals surface area contributed by atoms with E-state index in [2.05, 4.69) is 30.7 Å². The Bertz CT molecular complexity index is 775. The zero-order valence-electron chi connectivity index (χ0n) is 20.0. The zero-order chi connectivity index (χ0) is 23.2. The quantitative estimate of drug-likeness (QED) is 0.487. The Morgan fingerprint density at radius 1 is 1.23 bits per heavy atom. The minimum absolute atomic E-state index is 0.00868. The summed E-state index contributed by atoms with van der Waals surface area (Å²) in [4.78, 5) is 33.2. The van der Waals surface area contributed by atoms with Crippen molar-refractivity contribution in [2.75, 3.05) is 31.1 Å². The normalized spacial score (nSPS) is 17.7. The molecule has 0 unspecified atom stereocenters. The molecule has 1 aliphatic rings. The zero-order valence-corrected chi connectivity index (χ0v) is 20.0. The van der Waals surface area contributed by atoms with Gasteiger partial charge in [-0.15, -0.1) is 0 Å². The second-order valence-electron chi connectivity index (χ2n) is 10.1. The second-order valence-corrected chi connectivity index (χ2v) is 10.1. The van der Waals surface area contributed by atoms with E-state index in [1.165, 1.54) is 6.08 Å². The van der Waals surface area contributed by atoms with Crippen LogP contribution in [0.15, 0.2) is 24.4 Å². The van der Waals surface area contributed by atoms with E-state index >= 15 is 0 Å². The first-order valence-electron chi connectivity index (χ1n) is 10.9. The Morgan fingerprint density at radius 3 is 2.48 bits per heavy atom. The number of nitrogens with zero attached hydrogens (tertiary/aromatic N) is 3. The maximum absolute atomic E-state index is 13.1. The predicted octanol–water partition coefficient (Wildman–Crippen LogP) is 4.52. The molecule has 0 saturated carbocycles. The van der Waals surface area contributed by atoms with Gasteiger partial charge in [0.05, 0.1) is 12.6 Å². The van der Waals surface area contributed by atoms with Gasteiger partial charge in [-0.2, -0.15) is 0 Å². The SMILES string of the molecule is CCOC(=O)C=Cc1ccc(N(C(=O)OC(C)(C)C)[C@@H]2CCN(CC(C)(C)C)C2)nc1. The lowest BCUT2D eigenvalue weighted by atomic mass is 9.96. The summed E-state index contributed by atoms with van der Waals surface area (Å²) in [5.74, 6) is 0.150. The van der Waals surface area contributed by atoms with Gasteiger partial charge < -0.3 is 14.4 Å². The van der Waals surface area contributed by atoms with Gasteiger partial charge in [-0.1, -0.05) is 20.8 Å². The molecule has 0 aliphatic carbocycles. The van der Waals surface area contributed by atoms with Gasteiger partial charge in [-0.25, -0.2) is 14.6 Å². The van der Waals surface area contributed by atoms with Crippen molar-refractivity contribution in [3.05, 3.63) is 30.0 Å². The van der Waals surface area contributed by atoms with E-state index in [4.69, 9.17) is 9.47 Å². The Hall–Kier alpha value is -2.41. The van der Waals surface area contributed by atoms with Gasteiger partial charge >= 0.3 is 12.1 Å². The molecule has 172 valence electrons. The topological polar surface area (TPSA) is 72.0 Å². The molecular formula is C24H37N3O4. The molecule has 1 amide bonds. The number of amides is 1. The molecule has 7 nitrogen and oxygen atoms in total. The monoisotopic (exact) mass is 431 g/mol. The molecule has 2 heterocycles. The van der Waals surface area contributed by atoms with Crippen molar-refractivity contribution in [2.45, 2.75) is 66.5 Å². The van der Waals surface area contributed by atoms with Crippen LogP contribution in [0, 0.1) is 5.41 Å². The number of aromatic nitrogens is 1. The number of hydrogen-bond donors (Lipinski definition) is 0. The number of likely N-dealkylation sites (tertiary alicyclic amines) is 1. The van der Waals surface area contributed by atoms with Crippen molar-refractivity contribution in [3.63, 3.8) is 0 Å². The average Bonchev–Trinajstić information content (AvgIpc) is 3.06. The van der Waals surface area contributed by atoms with Gasteiger partial charge in [-0.3, -0.25) is 4.90 Å². The van der Waals surface area contributed by atoms with Crippen molar-refractivity contribution in [1.82, 2.24) is 9.88 Å².